The molecule has 5 N–H and O–H groups in total. The van der Waals surface area contributed by atoms with Crippen LogP contribution in [0.15, 0.2) is 77.7 Å². The molecule has 3 aromatic carbocycles. The Labute approximate surface area is 281 Å². The van der Waals surface area contributed by atoms with Gasteiger partial charge in [0.25, 0.3) is 15.9 Å². The number of carbonyl (C=O) groups is 3. The summed E-state index contributed by atoms with van der Waals surface area (Å²) in [6, 6.07) is 21.3. The number of rotatable bonds is 16. The van der Waals surface area contributed by atoms with Crippen LogP contribution in [0.25, 0.3) is 11.1 Å². The van der Waals surface area contributed by atoms with Gasteiger partial charge in [0.2, 0.25) is 5.91 Å². The van der Waals surface area contributed by atoms with Gasteiger partial charge in [0.1, 0.15) is 6.10 Å². The summed E-state index contributed by atoms with van der Waals surface area (Å²) in [5, 5.41) is 24.0. The molecule has 13 heteroatoms. The summed E-state index contributed by atoms with van der Waals surface area (Å²) in [7, 11) is -4.23. The Hall–Kier alpha value is -3.42. The molecule has 0 heterocycles. The van der Waals surface area contributed by atoms with Crippen molar-refractivity contribution < 1.29 is 33.0 Å². The van der Waals surface area contributed by atoms with Crippen LogP contribution < -0.4 is 15.4 Å². The highest BCUT2D eigenvalue weighted by Gasteiger charge is 2.24. The first-order valence-corrected chi connectivity index (χ1v) is 17.4. The van der Waals surface area contributed by atoms with Gasteiger partial charge in [0, 0.05) is 48.0 Å². The molecule has 3 aromatic rings. The summed E-state index contributed by atoms with van der Waals surface area (Å²) >= 11 is 10.9. The van der Waals surface area contributed by atoms with E-state index in [1.165, 1.54) is 19.1 Å². The lowest BCUT2D eigenvalue weighted by Gasteiger charge is -2.15. The lowest BCUT2D eigenvalue weighted by atomic mass is 10.0. The first-order chi connectivity index (χ1) is 21.9. The van der Waals surface area contributed by atoms with Gasteiger partial charge in [-0.1, -0.05) is 85.6 Å². The van der Waals surface area contributed by atoms with E-state index in [1.54, 1.807) is 24.3 Å². The number of nitrogens with one attached hydrogen (secondary N) is 3. The fraction of sp³-hybridized carbons (Fsp3) is 0.364. The molecule has 10 nitrogen and oxygen atoms in total. The molecule has 0 spiro atoms. The van der Waals surface area contributed by atoms with Crippen LogP contribution in [0.4, 0.5) is 0 Å². The maximum atomic E-state index is 12.8. The molecule has 3 rings (SSSR count). The van der Waals surface area contributed by atoms with Crippen LogP contribution in [0, 0.1) is 5.92 Å². The van der Waals surface area contributed by atoms with Crippen LogP contribution in [0.3, 0.4) is 0 Å². The van der Waals surface area contributed by atoms with Crippen molar-refractivity contribution >= 4 is 52.0 Å². The van der Waals surface area contributed by atoms with Crippen molar-refractivity contribution in [3.63, 3.8) is 0 Å². The van der Waals surface area contributed by atoms with E-state index in [9.17, 15) is 27.9 Å². The number of aliphatic carboxylic acids is 1. The van der Waals surface area contributed by atoms with Gasteiger partial charge in [-0.25, -0.2) is 13.1 Å². The van der Waals surface area contributed by atoms with Crippen molar-refractivity contribution in [3.05, 3.63) is 88.9 Å². The van der Waals surface area contributed by atoms with Crippen molar-refractivity contribution in [2.24, 2.45) is 5.92 Å². The van der Waals surface area contributed by atoms with E-state index >= 15 is 0 Å². The highest BCUT2D eigenvalue weighted by molar-refractivity contribution is 7.90. The average Bonchev–Trinajstić information content (AvgIpc) is 3.03. The zero-order valence-corrected chi connectivity index (χ0v) is 28.4. The third-order valence-electron chi connectivity index (χ3n) is 6.71. The summed E-state index contributed by atoms with van der Waals surface area (Å²) in [6.45, 7) is 4.63. The number of carboxylic acid groups (broad SMARTS) is 1. The van der Waals surface area contributed by atoms with Crippen molar-refractivity contribution in [1.82, 2.24) is 15.4 Å². The fourth-order valence-corrected chi connectivity index (χ4v) is 6.07. The Kier molecular flexibility index (Phi) is 16.8. The molecule has 46 heavy (non-hydrogen) atoms. The number of thiol groups is 1. The Morgan fingerprint density at radius 2 is 1.59 bits per heavy atom. The average molecular weight is 692 g/mol. The van der Waals surface area contributed by atoms with Crippen LogP contribution in [-0.4, -0.2) is 61.4 Å². The van der Waals surface area contributed by atoms with Gasteiger partial charge in [0.05, 0.1) is 10.8 Å². The number of unbranched alkanes of at least 4 members (excludes halogenated alkanes) is 1. The molecule has 2 amide bonds. The van der Waals surface area contributed by atoms with E-state index in [2.05, 4.69) is 23.3 Å². The van der Waals surface area contributed by atoms with Crippen LogP contribution >= 0.6 is 24.2 Å². The second kappa shape index (κ2) is 20.0. The van der Waals surface area contributed by atoms with Crippen molar-refractivity contribution in [2.75, 3.05) is 18.8 Å². The monoisotopic (exact) mass is 691 g/mol. The number of carboxylic acids is 1. The lowest BCUT2D eigenvalue weighted by Crippen LogP contribution is -2.37. The second-order valence-corrected chi connectivity index (χ2v) is 12.9. The van der Waals surface area contributed by atoms with E-state index in [-0.39, 0.29) is 16.7 Å². The predicted octanol–water partition coefficient (Wildman–Crippen LogP) is 4.45. The van der Waals surface area contributed by atoms with Crippen molar-refractivity contribution in [1.29, 1.82) is 0 Å². The second-order valence-electron chi connectivity index (χ2n) is 10.5. The molecule has 0 fully saturated rings. The molecule has 0 aliphatic rings. The summed E-state index contributed by atoms with van der Waals surface area (Å²) in [5.41, 5.74) is 2.77. The van der Waals surface area contributed by atoms with Crippen molar-refractivity contribution in [2.45, 2.75) is 57.1 Å². The topological polar surface area (TPSA) is 162 Å². The predicted molar refractivity (Wildman–Crippen MR) is 183 cm³/mol. The maximum absolute atomic E-state index is 12.8. The van der Waals surface area contributed by atoms with Crippen LogP contribution in [-0.2, 0) is 37.4 Å². The molecule has 2 atom stereocenters. The number of aliphatic hydroxyl groups excluding tert-OH is 1. The highest BCUT2D eigenvalue weighted by Crippen LogP contribution is 2.33. The molecular weight excluding hydrogens is 650 g/mol. The smallest absolute Gasteiger partial charge is 0.303 e. The van der Waals surface area contributed by atoms with Gasteiger partial charge < -0.3 is 20.8 Å². The number of sulfonamides is 1. The minimum Gasteiger partial charge on any atom is -0.481 e. The third kappa shape index (κ3) is 13.1. The van der Waals surface area contributed by atoms with E-state index in [0.717, 1.165) is 24.0 Å². The molecule has 0 unspecified atom stereocenters. The van der Waals surface area contributed by atoms with Gasteiger partial charge in [-0.2, -0.15) is 12.6 Å². The summed E-state index contributed by atoms with van der Waals surface area (Å²) < 4.78 is 27.5. The molecular formula is C33H42ClN3O7S2. The Balaban J connectivity index is 0.000000942. The molecule has 0 aliphatic heterocycles. The Bertz CT molecular complexity index is 1540. The first-order valence-electron chi connectivity index (χ1n) is 14.9. The zero-order valence-electron chi connectivity index (χ0n) is 25.9. The molecule has 0 saturated heterocycles. The van der Waals surface area contributed by atoms with Crippen LogP contribution in [0.5, 0.6) is 0 Å². The van der Waals surface area contributed by atoms with Gasteiger partial charge in [-0.05, 0) is 43.0 Å². The molecule has 0 radical (unpaired) electrons. The van der Waals surface area contributed by atoms with Crippen molar-refractivity contribution in [3.8, 4) is 11.1 Å². The van der Waals surface area contributed by atoms with Gasteiger partial charge >= 0.3 is 5.97 Å². The lowest BCUT2D eigenvalue weighted by molar-refractivity contribution is -0.137. The first kappa shape index (κ1) is 38.8. The van der Waals surface area contributed by atoms with E-state index in [0.29, 0.717) is 54.4 Å². The minimum absolute atomic E-state index is 0.0405. The van der Waals surface area contributed by atoms with Crippen LogP contribution in [0.2, 0.25) is 5.02 Å². The zero-order chi connectivity index (χ0) is 34.1. The van der Waals surface area contributed by atoms with E-state index in [1.807, 2.05) is 48.0 Å². The molecule has 0 saturated carbocycles. The standard InChI is InChI=1S/C28H32ClN3O5S2.C5H10O2/c1-19(33)27(34)32-39(36,37)26-10-6-5-9-24(26)23-12-11-21(16-25(23)29)17-30-13-14-31-28(35)22(18-38)15-20-7-3-2-4-8-20;1-2-3-4-5(6)7/h2-12,16,19,22,30,33,38H,13-15,17-18H2,1H3,(H,31,35)(H,32,34);2-4H2,1H3,(H,6,7)/t19-,22+;/m0./s1. The fourth-order valence-electron chi connectivity index (χ4n) is 4.20. The van der Waals surface area contributed by atoms with Gasteiger partial charge in [0.15, 0.2) is 0 Å². The number of benzene rings is 3. The number of halogens is 1. The maximum Gasteiger partial charge on any atom is 0.303 e. The number of amides is 2. The third-order valence-corrected chi connectivity index (χ3v) is 8.86. The number of carbonyl (C=O) groups excluding carboxylic acids is 2. The van der Waals surface area contributed by atoms with Gasteiger partial charge in [-0.15, -0.1) is 0 Å². The summed E-state index contributed by atoms with van der Waals surface area (Å²) in [6.07, 6.45) is 1.23. The quantitative estimate of drug-likeness (QED) is 0.0949. The van der Waals surface area contributed by atoms with E-state index in [4.69, 9.17) is 16.7 Å². The van der Waals surface area contributed by atoms with Crippen LogP contribution in [0.1, 0.15) is 44.2 Å². The summed E-state index contributed by atoms with van der Waals surface area (Å²) in [4.78, 5) is 34.0. The molecule has 0 aromatic heterocycles. The number of hydrogen-bond acceptors (Lipinski definition) is 8. The normalized spacial score (nSPS) is 12.3. The Morgan fingerprint density at radius 1 is 0.913 bits per heavy atom. The largest absolute Gasteiger partial charge is 0.481 e. The SMILES string of the molecule is CCCCC(=O)O.C[C@H](O)C(=O)NS(=O)(=O)c1ccccc1-c1ccc(CNCCNC(=O)[C@@H](CS)Cc2ccccc2)cc1Cl. The Morgan fingerprint density at radius 3 is 2.17 bits per heavy atom. The molecule has 250 valence electrons. The molecule has 0 aliphatic carbocycles. The van der Waals surface area contributed by atoms with Gasteiger partial charge in [-0.3, -0.25) is 14.4 Å². The minimum atomic E-state index is -4.23. The van der Waals surface area contributed by atoms with E-state index < -0.39 is 28.0 Å². The molecule has 0 bridgehead atoms. The number of aliphatic hydroxyl groups is 1. The number of hydrogen-bond donors (Lipinski definition) is 6. The highest BCUT2D eigenvalue weighted by atomic mass is 35.5. The summed E-state index contributed by atoms with van der Waals surface area (Å²) in [5.74, 6) is -1.51.